The van der Waals surface area contributed by atoms with Gasteiger partial charge in [-0.1, -0.05) is 12.1 Å². The Morgan fingerprint density at radius 2 is 1.78 bits per heavy atom. The van der Waals surface area contributed by atoms with E-state index in [0.29, 0.717) is 17.3 Å². The highest BCUT2D eigenvalue weighted by atomic mass is 19.2. The van der Waals surface area contributed by atoms with Crippen molar-refractivity contribution in [2.24, 2.45) is 0 Å². The van der Waals surface area contributed by atoms with Crippen LogP contribution >= 0.6 is 0 Å². The average molecular weight is 310 g/mol. The van der Waals surface area contributed by atoms with Gasteiger partial charge in [-0.15, -0.1) is 0 Å². The molecule has 0 unspecified atom stereocenters. The van der Waals surface area contributed by atoms with Gasteiger partial charge in [-0.2, -0.15) is 0 Å². The zero-order chi connectivity index (χ0) is 16.0. The zero-order valence-electron chi connectivity index (χ0n) is 12.2. The highest BCUT2D eigenvalue weighted by Crippen LogP contribution is 2.24. The molecule has 0 aliphatic heterocycles. The maximum atomic E-state index is 13.4. The molecule has 0 atom stereocenters. The fourth-order valence-corrected chi connectivity index (χ4v) is 2.59. The third-order valence-corrected chi connectivity index (χ3v) is 3.60. The van der Waals surface area contributed by atoms with E-state index in [0.717, 1.165) is 28.9 Å². The zero-order valence-corrected chi connectivity index (χ0v) is 12.2. The molecule has 0 spiro atoms. The van der Waals surface area contributed by atoms with Gasteiger partial charge < -0.3 is 5.32 Å². The van der Waals surface area contributed by atoms with E-state index in [2.05, 4.69) is 15.3 Å². The van der Waals surface area contributed by atoms with Crippen LogP contribution in [0.3, 0.4) is 0 Å². The largest absolute Gasteiger partial charge is 0.341 e. The molecule has 114 valence electrons. The molecule has 0 saturated carbocycles. The molecule has 0 saturated heterocycles. The van der Waals surface area contributed by atoms with E-state index in [4.69, 9.17) is 0 Å². The lowest BCUT2D eigenvalue weighted by Crippen LogP contribution is -2.02. The molecule has 0 fully saturated rings. The summed E-state index contributed by atoms with van der Waals surface area (Å²) in [4.78, 5) is 8.91. The van der Waals surface area contributed by atoms with Crippen molar-refractivity contribution in [1.82, 2.24) is 14.4 Å². The molecule has 4 aromatic rings. The Bertz CT molecular complexity index is 1040. The smallest absolute Gasteiger partial charge is 0.236 e. The molecule has 2 aromatic carbocycles. The molecule has 0 aliphatic carbocycles. The van der Waals surface area contributed by atoms with E-state index in [9.17, 15) is 8.78 Å². The fourth-order valence-electron chi connectivity index (χ4n) is 2.59. The van der Waals surface area contributed by atoms with Crippen LogP contribution in [-0.4, -0.2) is 14.4 Å². The molecule has 1 N–H and O–H groups in total. The van der Waals surface area contributed by atoms with Gasteiger partial charge in [0.2, 0.25) is 5.78 Å². The van der Waals surface area contributed by atoms with E-state index >= 15 is 0 Å². The summed E-state index contributed by atoms with van der Waals surface area (Å²) >= 11 is 0. The Morgan fingerprint density at radius 1 is 0.957 bits per heavy atom. The second kappa shape index (κ2) is 5.01. The lowest BCUT2D eigenvalue weighted by atomic mass is 10.3. The first-order valence-corrected chi connectivity index (χ1v) is 7.09. The van der Waals surface area contributed by atoms with E-state index in [1.807, 2.05) is 41.7 Å². The van der Waals surface area contributed by atoms with Crippen molar-refractivity contribution in [3.63, 3.8) is 0 Å². The predicted molar refractivity (Wildman–Crippen MR) is 84.9 cm³/mol. The van der Waals surface area contributed by atoms with E-state index in [1.165, 1.54) is 6.07 Å². The monoisotopic (exact) mass is 310 g/mol. The summed E-state index contributed by atoms with van der Waals surface area (Å²) in [5.74, 6) is -0.532. The van der Waals surface area contributed by atoms with Crippen LogP contribution in [-0.2, 0) is 0 Å². The summed E-state index contributed by atoms with van der Waals surface area (Å²) in [6.45, 7) is 1.86. The minimum atomic E-state index is -0.896. The number of fused-ring (bicyclic) bond motifs is 3. The van der Waals surface area contributed by atoms with Crippen molar-refractivity contribution in [1.29, 1.82) is 0 Å². The van der Waals surface area contributed by atoms with Crippen LogP contribution in [0.5, 0.6) is 0 Å². The number of hydrogen-bond acceptors (Lipinski definition) is 3. The van der Waals surface area contributed by atoms with Gasteiger partial charge in [-0.3, -0.25) is 4.40 Å². The van der Waals surface area contributed by atoms with Gasteiger partial charge in [-0.05, 0) is 31.2 Å². The van der Waals surface area contributed by atoms with E-state index < -0.39 is 11.6 Å². The maximum absolute atomic E-state index is 13.4. The molecular weight excluding hydrogens is 298 g/mol. The molecule has 0 bridgehead atoms. The summed E-state index contributed by atoms with van der Waals surface area (Å²) in [5, 5.41) is 3.11. The molecule has 23 heavy (non-hydrogen) atoms. The van der Waals surface area contributed by atoms with Crippen LogP contribution < -0.4 is 5.32 Å². The number of hydrogen-bond donors (Lipinski definition) is 1. The number of nitrogens with zero attached hydrogens (tertiary/aromatic N) is 3. The Balaban J connectivity index is 1.92. The van der Waals surface area contributed by atoms with E-state index in [-0.39, 0.29) is 0 Å². The van der Waals surface area contributed by atoms with Crippen molar-refractivity contribution in [2.75, 3.05) is 5.32 Å². The molecule has 4 rings (SSSR count). The summed E-state index contributed by atoms with van der Waals surface area (Å²) in [7, 11) is 0. The highest BCUT2D eigenvalue weighted by Gasteiger charge is 2.11. The summed E-state index contributed by atoms with van der Waals surface area (Å²) < 4.78 is 28.4. The molecular formula is C17H12F2N4. The van der Waals surface area contributed by atoms with Gasteiger partial charge in [-0.25, -0.2) is 18.7 Å². The molecule has 2 aromatic heterocycles. The van der Waals surface area contributed by atoms with Crippen molar-refractivity contribution in [3.8, 4) is 0 Å². The maximum Gasteiger partial charge on any atom is 0.236 e. The topological polar surface area (TPSA) is 42.2 Å². The third-order valence-electron chi connectivity index (χ3n) is 3.60. The SMILES string of the molecule is Cc1cc(Nc2ccc(F)c(F)c2)n2c(n1)nc1ccccc12. The minimum Gasteiger partial charge on any atom is -0.341 e. The number of aryl methyl sites for hydroxylation is 1. The van der Waals surface area contributed by atoms with Crippen molar-refractivity contribution in [2.45, 2.75) is 6.92 Å². The number of rotatable bonds is 2. The third kappa shape index (κ3) is 2.28. The van der Waals surface area contributed by atoms with Crippen LogP contribution in [0.1, 0.15) is 5.69 Å². The first-order chi connectivity index (χ1) is 11.1. The summed E-state index contributed by atoms with van der Waals surface area (Å²) in [5.41, 5.74) is 2.94. The molecule has 0 aliphatic rings. The first kappa shape index (κ1) is 13.6. The van der Waals surface area contributed by atoms with Gasteiger partial charge in [0.15, 0.2) is 11.6 Å². The Labute approximate surface area is 130 Å². The Hall–Kier alpha value is -3.02. The van der Waals surface area contributed by atoms with Gasteiger partial charge in [0.25, 0.3) is 0 Å². The van der Waals surface area contributed by atoms with Crippen LogP contribution in [0.4, 0.5) is 20.3 Å². The number of nitrogens with one attached hydrogen (secondary N) is 1. The number of para-hydroxylation sites is 2. The average Bonchev–Trinajstić information content (AvgIpc) is 2.89. The quantitative estimate of drug-likeness (QED) is 0.603. The lowest BCUT2D eigenvalue weighted by molar-refractivity contribution is 0.509. The van der Waals surface area contributed by atoms with E-state index in [1.54, 1.807) is 0 Å². The Morgan fingerprint density at radius 3 is 2.61 bits per heavy atom. The van der Waals surface area contributed by atoms with Crippen molar-refractivity contribution in [3.05, 3.63) is 65.9 Å². The lowest BCUT2D eigenvalue weighted by Gasteiger charge is -2.10. The fraction of sp³-hybridized carbons (Fsp3) is 0.0588. The molecule has 6 heteroatoms. The van der Waals surface area contributed by atoms with Crippen molar-refractivity contribution >= 4 is 28.3 Å². The Kier molecular flexibility index (Phi) is 2.97. The van der Waals surface area contributed by atoms with Gasteiger partial charge >= 0.3 is 0 Å². The summed E-state index contributed by atoms with van der Waals surface area (Å²) in [6.07, 6.45) is 0. The number of aromatic nitrogens is 3. The van der Waals surface area contributed by atoms with Crippen LogP contribution in [0.15, 0.2) is 48.5 Å². The molecule has 2 heterocycles. The van der Waals surface area contributed by atoms with Gasteiger partial charge in [0, 0.05) is 23.5 Å². The van der Waals surface area contributed by atoms with Crippen LogP contribution in [0, 0.1) is 18.6 Å². The van der Waals surface area contributed by atoms with Crippen LogP contribution in [0.25, 0.3) is 16.8 Å². The first-order valence-electron chi connectivity index (χ1n) is 7.09. The van der Waals surface area contributed by atoms with Crippen molar-refractivity contribution < 1.29 is 8.78 Å². The normalized spacial score (nSPS) is 11.3. The summed E-state index contributed by atoms with van der Waals surface area (Å²) in [6, 6.07) is 13.2. The minimum absolute atomic E-state index is 0.452. The number of halogens is 2. The van der Waals surface area contributed by atoms with Gasteiger partial charge in [0.1, 0.15) is 5.82 Å². The second-order valence-corrected chi connectivity index (χ2v) is 5.27. The van der Waals surface area contributed by atoms with Gasteiger partial charge in [0.05, 0.1) is 11.0 Å². The molecule has 0 radical (unpaired) electrons. The standard InChI is InChI=1S/C17H12F2N4/c1-10-8-16(21-11-6-7-12(18)13(19)9-11)23-15-5-3-2-4-14(15)22-17(23)20-10/h2-9,21H,1H3. The highest BCUT2D eigenvalue weighted by molar-refractivity contribution is 5.82. The molecule has 0 amide bonds. The second-order valence-electron chi connectivity index (χ2n) is 5.27. The molecule has 4 nitrogen and oxygen atoms in total. The predicted octanol–water partition coefficient (Wildman–Crippen LogP) is 4.21. The number of anilines is 2. The number of imidazole rings is 1. The van der Waals surface area contributed by atoms with Crippen LogP contribution in [0.2, 0.25) is 0 Å². The number of benzene rings is 2.